The molecule has 0 aliphatic rings. The van der Waals surface area contributed by atoms with Gasteiger partial charge in [-0.3, -0.25) is 0 Å². The van der Waals surface area contributed by atoms with Crippen LogP contribution in [0.5, 0.6) is 0 Å². The largest absolute Gasteiger partial charge is 0.399 e. The number of nitrogens with two attached hydrogens (primary N) is 1. The van der Waals surface area contributed by atoms with Crippen LogP contribution in [0.15, 0.2) is 36.4 Å². The fourth-order valence-corrected chi connectivity index (χ4v) is 1.30. The van der Waals surface area contributed by atoms with E-state index in [9.17, 15) is 0 Å². The molecule has 0 fully saturated rings. The Hall–Kier alpha value is -1.24. The van der Waals surface area contributed by atoms with Crippen LogP contribution in [-0.2, 0) is 0 Å². The monoisotopic (exact) mass is 175 g/mol. The lowest BCUT2D eigenvalue weighted by atomic mass is 9.97. The summed E-state index contributed by atoms with van der Waals surface area (Å²) in [6.45, 7) is 4.28. The molecule has 0 saturated heterocycles. The summed E-state index contributed by atoms with van der Waals surface area (Å²) in [6, 6.07) is 8.12. The third-order valence-electron chi connectivity index (χ3n) is 2.23. The van der Waals surface area contributed by atoms with Crippen molar-refractivity contribution in [3.8, 4) is 0 Å². The predicted octanol–water partition coefficient (Wildman–Crippen LogP) is 3.34. The highest BCUT2D eigenvalue weighted by molar-refractivity contribution is 5.40. The molecule has 0 aromatic heterocycles. The molecule has 0 bridgehead atoms. The van der Waals surface area contributed by atoms with Gasteiger partial charge in [0.1, 0.15) is 0 Å². The van der Waals surface area contributed by atoms with E-state index < -0.39 is 0 Å². The van der Waals surface area contributed by atoms with Crippen LogP contribution in [0.4, 0.5) is 5.69 Å². The number of anilines is 1. The maximum Gasteiger partial charge on any atom is 0.0314 e. The quantitative estimate of drug-likeness (QED) is 0.553. The van der Waals surface area contributed by atoms with Gasteiger partial charge in [0.25, 0.3) is 0 Å². The molecule has 0 aliphatic heterocycles. The van der Waals surface area contributed by atoms with Crippen LogP contribution in [-0.4, -0.2) is 0 Å². The van der Waals surface area contributed by atoms with Crippen LogP contribution >= 0.6 is 0 Å². The third-order valence-corrected chi connectivity index (χ3v) is 2.23. The van der Waals surface area contributed by atoms with Gasteiger partial charge < -0.3 is 5.73 Å². The van der Waals surface area contributed by atoms with Gasteiger partial charge in [-0.25, -0.2) is 0 Å². The summed E-state index contributed by atoms with van der Waals surface area (Å²) in [5.74, 6) is 0.580. The highest BCUT2D eigenvalue weighted by atomic mass is 14.5. The van der Waals surface area contributed by atoms with E-state index >= 15 is 0 Å². The number of benzene rings is 1. The topological polar surface area (TPSA) is 26.0 Å². The number of hydrogen-bond acceptors (Lipinski definition) is 1. The van der Waals surface area contributed by atoms with Gasteiger partial charge in [0, 0.05) is 5.69 Å². The van der Waals surface area contributed by atoms with Crippen molar-refractivity contribution in [2.45, 2.75) is 26.2 Å². The second-order valence-corrected chi connectivity index (χ2v) is 3.37. The summed E-state index contributed by atoms with van der Waals surface area (Å²) in [5, 5.41) is 0. The molecule has 0 saturated carbocycles. The molecule has 0 heterocycles. The van der Waals surface area contributed by atoms with Crippen LogP contribution in [0.2, 0.25) is 0 Å². The summed E-state index contributed by atoms with van der Waals surface area (Å²) >= 11 is 0. The van der Waals surface area contributed by atoms with E-state index in [1.54, 1.807) is 0 Å². The SMILES string of the molecule is C/C=C\CC(C)c1ccc(N)cc1. The third kappa shape index (κ3) is 2.94. The minimum absolute atomic E-state index is 0.580. The molecule has 0 aliphatic carbocycles. The Labute approximate surface area is 80.3 Å². The van der Waals surface area contributed by atoms with E-state index in [0.717, 1.165) is 12.1 Å². The minimum Gasteiger partial charge on any atom is -0.399 e. The molecule has 1 heteroatoms. The average molecular weight is 175 g/mol. The maximum atomic E-state index is 5.61. The van der Waals surface area contributed by atoms with E-state index in [1.807, 2.05) is 12.1 Å². The Morgan fingerprint density at radius 3 is 2.46 bits per heavy atom. The molecule has 2 N–H and O–H groups in total. The Morgan fingerprint density at radius 1 is 1.31 bits per heavy atom. The smallest absolute Gasteiger partial charge is 0.0314 e. The molecule has 1 nitrogen and oxygen atoms in total. The van der Waals surface area contributed by atoms with Crippen LogP contribution in [0, 0.1) is 0 Å². The fraction of sp³-hybridized carbons (Fsp3) is 0.333. The summed E-state index contributed by atoms with van der Waals surface area (Å²) in [5.41, 5.74) is 7.80. The molecule has 1 aromatic rings. The zero-order valence-corrected chi connectivity index (χ0v) is 8.33. The summed E-state index contributed by atoms with van der Waals surface area (Å²) in [6.07, 6.45) is 5.38. The molecule has 70 valence electrons. The normalized spacial score (nSPS) is 13.4. The van der Waals surface area contributed by atoms with Crippen LogP contribution in [0.1, 0.15) is 31.7 Å². The molecule has 1 rings (SSSR count). The van der Waals surface area contributed by atoms with Gasteiger partial charge in [0.15, 0.2) is 0 Å². The molecular weight excluding hydrogens is 158 g/mol. The number of allylic oxidation sites excluding steroid dienone is 2. The second kappa shape index (κ2) is 4.70. The lowest BCUT2D eigenvalue weighted by molar-refractivity contribution is 0.780. The Morgan fingerprint density at radius 2 is 1.92 bits per heavy atom. The van der Waals surface area contributed by atoms with Crippen molar-refractivity contribution < 1.29 is 0 Å². The first-order valence-corrected chi connectivity index (χ1v) is 4.70. The minimum atomic E-state index is 0.580. The first-order chi connectivity index (χ1) is 6.24. The highest BCUT2D eigenvalue weighted by Crippen LogP contribution is 2.20. The standard InChI is InChI=1S/C12H17N/c1-3-4-5-10(2)11-6-8-12(13)9-7-11/h3-4,6-10H,5,13H2,1-2H3/b4-3-. The van der Waals surface area contributed by atoms with Crippen molar-refractivity contribution in [3.05, 3.63) is 42.0 Å². The summed E-state index contributed by atoms with van der Waals surface area (Å²) < 4.78 is 0. The molecule has 0 spiro atoms. The predicted molar refractivity (Wildman–Crippen MR) is 58.7 cm³/mol. The van der Waals surface area contributed by atoms with Gasteiger partial charge in [0.2, 0.25) is 0 Å². The lowest BCUT2D eigenvalue weighted by Crippen LogP contribution is -1.92. The maximum absolute atomic E-state index is 5.61. The molecular formula is C12H17N. The Kier molecular flexibility index (Phi) is 3.56. The number of hydrogen-bond donors (Lipinski definition) is 1. The van der Waals surface area contributed by atoms with Gasteiger partial charge in [-0.1, -0.05) is 31.2 Å². The van der Waals surface area contributed by atoms with Crippen molar-refractivity contribution in [2.24, 2.45) is 0 Å². The van der Waals surface area contributed by atoms with Gasteiger partial charge in [-0.2, -0.15) is 0 Å². The molecule has 1 unspecified atom stereocenters. The first kappa shape index (κ1) is 9.85. The first-order valence-electron chi connectivity index (χ1n) is 4.70. The van der Waals surface area contributed by atoms with Crippen LogP contribution < -0.4 is 5.73 Å². The van der Waals surface area contributed by atoms with Crippen molar-refractivity contribution in [3.63, 3.8) is 0 Å². The van der Waals surface area contributed by atoms with Gasteiger partial charge in [-0.05, 0) is 37.0 Å². The van der Waals surface area contributed by atoms with Crippen molar-refractivity contribution >= 4 is 5.69 Å². The zero-order valence-electron chi connectivity index (χ0n) is 8.33. The highest BCUT2D eigenvalue weighted by Gasteiger charge is 2.01. The van der Waals surface area contributed by atoms with Gasteiger partial charge >= 0.3 is 0 Å². The van der Waals surface area contributed by atoms with Crippen LogP contribution in [0.25, 0.3) is 0 Å². The van der Waals surface area contributed by atoms with Crippen molar-refractivity contribution in [1.29, 1.82) is 0 Å². The molecule has 0 radical (unpaired) electrons. The second-order valence-electron chi connectivity index (χ2n) is 3.37. The Bertz CT molecular complexity index is 272. The van der Waals surface area contributed by atoms with E-state index in [2.05, 4.69) is 38.1 Å². The van der Waals surface area contributed by atoms with Crippen LogP contribution in [0.3, 0.4) is 0 Å². The van der Waals surface area contributed by atoms with Gasteiger partial charge in [-0.15, -0.1) is 0 Å². The van der Waals surface area contributed by atoms with Crippen molar-refractivity contribution in [1.82, 2.24) is 0 Å². The van der Waals surface area contributed by atoms with E-state index in [4.69, 9.17) is 5.73 Å². The fourth-order valence-electron chi connectivity index (χ4n) is 1.30. The molecule has 13 heavy (non-hydrogen) atoms. The zero-order chi connectivity index (χ0) is 9.68. The molecule has 1 aromatic carbocycles. The van der Waals surface area contributed by atoms with Crippen molar-refractivity contribution in [2.75, 3.05) is 5.73 Å². The van der Waals surface area contributed by atoms with E-state index in [-0.39, 0.29) is 0 Å². The summed E-state index contributed by atoms with van der Waals surface area (Å²) in [4.78, 5) is 0. The number of rotatable bonds is 3. The molecule has 0 amide bonds. The van der Waals surface area contributed by atoms with E-state index in [1.165, 1.54) is 5.56 Å². The molecule has 1 atom stereocenters. The average Bonchev–Trinajstić information content (AvgIpc) is 2.15. The van der Waals surface area contributed by atoms with Gasteiger partial charge in [0.05, 0.1) is 0 Å². The summed E-state index contributed by atoms with van der Waals surface area (Å²) in [7, 11) is 0. The van der Waals surface area contributed by atoms with E-state index in [0.29, 0.717) is 5.92 Å². The number of nitrogen functional groups attached to an aromatic ring is 1. The lowest BCUT2D eigenvalue weighted by Gasteiger charge is -2.08. The Balaban J connectivity index is 2.66.